The highest BCUT2D eigenvalue weighted by atomic mass is 16.5. The van der Waals surface area contributed by atoms with E-state index in [1.807, 2.05) is 0 Å². The maximum absolute atomic E-state index is 12.0. The molecule has 1 spiro atoms. The number of hydrogen-bond donors (Lipinski definition) is 1. The molecule has 3 fully saturated rings. The lowest BCUT2D eigenvalue weighted by atomic mass is 9.51. The minimum atomic E-state index is -0.836. The molecule has 0 amide bonds. The molecule has 4 heteroatoms. The van der Waals surface area contributed by atoms with Crippen LogP contribution < -0.4 is 0 Å². The van der Waals surface area contributed by atoms with Gasteiger partial charge in [-0.15, -0.1) is 0 Å². The molecule has 0 bridgehead atoms. The van der Waals surface area contributed by atoms with Gasteiger partial charge >= 0.3 is 0 Å². The summed E-state index contributed by atoms with van der Waals surface area (Å²) in [5.41, 5.74) is 7.27. The van der Waals surface area contributed by atoms with Gasteiger partial charge in [-0.3, -0.25) is 0 Å². The van der Waals surface area contributed by atoms with Crippen molar-refractivity contribution in [2.75, 3.05) is 0 Å². The van der Waals surface area contributed by atoms with Gasteiger partial charge in [0.2, 0.25) is 0 Å². The summed E-state index contributed by atoms with van der Waals surface area (Å²) in [6, 6.07) is 14.9. The van der Waals surface area contributed by atoms with Crippen LogP contribution in [-0.4, -0.2) is 16.4 Å². The lowest BCUT2D eigenvalue weighted by molar-refractivity contribution is -0.162. The largest absolute Gasteiger partial charge is 0.385 e. The first-order chi connectivity index (χ1) is 16.9. The molecular formula is C31H37NO3. The molecule has 6 rings (SSSR count). The first-order valence-electron chi connectivity index (χ1n) is 13.3. The molecule has 0 unspecified atom stereocenters. The molecule has 0 atom stereocenters. The number of aliphatic hydroxyl groups is 1. The molecule has 35 heavy (non-hydrogen) atoms. The zero-order valence-corrected chi connectivity index (χ0v) is 21.3. The van der Waals surface area contributed by atoms with Crippen LogP contribution in [0, 0.1) is 26.2 Å². The van der Waals surface area contributed by atoms with Gasteiger partial charge in [-0.25, -0.2) is 0 Å². The zero-order chi connectivity index (χ0) is 24.2. The summed E-state index contributed by atoms with van der Waals surface area (Å²) in [5.74, 6) is 1.36. The predicted octanol–water partition coefficient (Wildman–Crippen LogP) is 7.27. The lowest BCUT2D eigenvalue weighted by Gasteiger charge is -2.56. The molecule has 1 heterocycles. The summed E-state index contributed by atoms with van der Waals surface area (Å²) < 4.78 is 12.2. The van der Waals surface area contributed by atoms with Crippen molar-refractivity contribution in [1.82, 2.24) is 5.16 Å². The van der Waals surface area contributed by atoms with E-state index >= 15 is 0 Å². The molecule has 0 saturated heterocycles. The first kappa shape index (κ1) is 23.0. The molecule has 1 aromatic heterocycles. The number of ether oxygens (including phenoxy) is 1. The number of hydrogen-bond acceptors (Lipinski definition) is 4. The Morgan fingerprint density at radius 2 is 1.66 bits per heavy atom. The highest BCUT2D eigenvalue weighted by molar-refractivity contribution is 5.72. The van der Waals surface area contributed by atoms with Gasteiger partial charge in [0.1, 0.15) is 11.5 Å². The summed E-state index contributed by atoms with van der Waals surface area (Å²) in [7, 11) is 0. The van der Waals surface area contributed by atoms with Gasteiger partial charge in [0.05, 0.1) is 23.9 Å². The third kappa shape index (κ3) is 4.25. The Balaban J connectivity index is 1.17. The fraction of sp³-hybridized carbons (Fsp3) is 0.516. The molecule has 3 aliphatic carbocycles. The Hall–Kier alpha value is -2.43. The van der Waals surface area contributed by atoms with Gasteiger partial charge in [-0.1, -0.05) is 53.2 Å². The van der Waals surface area contributed by atoms with Gasteiger partial charge in [0.25, 0.3) is 0 Å². The number of rotatable bonds is 6. The van der Waals surface area contributed by atoms with E-state index in [1.54, 1.807) is 0 Å². The highest BCUT2D eigenvalue weighted by Crippen LogP contribution is 2.63. The number of aromatic nitrogens is 1. The van der Waals surface area contributed by atoms with E-state index in [1.165, 1.54) is 22.3 Å². The van der Waals surface area contributed by atoms with E-state index in [4.69, 9.17) is 9.26 Å². The Morgan fingerprint density at radius 3 is 2.31 bits per heavy atom. The minimum Gasteiger partial charge on any atom is -0.385 e. The average Bonchev–Trinajstić information content (AvgIpc) is 3.57. The Morgan fingerprint density at radius 1 is 0.971 bits per heavy atom. The molecule has 184 valence electrons. The van der Waals surface area contributed by atoms with E-state index in [0.29, 0.717) is 18.6 Å². The Bertz CT molecular complexity index is 1200. The van der Waals surface area contributed by atoms with E-state index in [0.717, 1.165) is 73.9 Å². The van der Waals surface area contributed by atoms with Gasteiger partial charge in [-0.2, -0.15) is 0 Å². The second kappa shape index (κ2) is 8.60. The molecule has 2 aromatic carbocycles. The summed E-state index contributed by atoms with van der Waals surface area (Å²) >= 11 is 0. The van der Waals surface area contributed by atoms with Crippen LogP contribution in [0.2, 0.25) is 0 Å². The van der Waals surface area contributed by atoms with E-state index < -0.39 is 5.60 Å². The Kier molecular flexibility index (Phi) is 5.65. The van der Waals surface area contributed by atoms with Crippen LogP contribution in [0.4, 0.5) is 0 Å². The van der Waals surface area contributed by atoms with Crippen molar-refractivity contribution in [3.05, 3.63) is 76.0 Å². The normalized spacial score (nSPS) is 28.3. The SMILES string of the molecule is Cc1cccc(COC2CCC3(CC2)CC(O)(c2c(-c4c(C)cccc4C)noc2C2CC2)C3)c1. The molecule has 3 aliphatic rings. The van der Waals surface area contributed by atoms with Crippen LogP contribution >= 0.6 is 0 Å². The summed E-state index contributed by atoms with van der Waals surface area (Å²) in [6.07, 6.45) is 8.60. The van der Waals surface area contributed by atoms with Crippen LogP contribution in [0.3, 0.4) is 0 Å². The minimum absolute atomic E-state index is 0.216. The van der Waals surface area contributed by atoms with Crippen molar-refractivity contribution < 1.29 is 14.4 Å². The standard InChI is InChI=1S/C31H37NO3/c1-20-6-4-9-23(16-20)17-34-25-12-14-30(15-13-25)18-31(33,19-30)27-28(32-35-29(27)24-10-11-24)26-21(2)7-5-8-22(26)3/h4-9,16,24-25,33H,10-15,17-19H2,1-3H3. The van der Waals surface area contributed by atoms with Crippen LogP contribution in [0.1, 0.15) is 90.9 Å². The van der Waals surface area contributed by atoms with Crippen molar-refractivity contribution in [3.8, 4) is 11.3 Å². The molecular weight excluding hydrogens is 434 g/mol. The fourth-order valence-corrected chi connectivity index (χ4v) is 6.84. The molecule has 0 aliphatic heterocycles. The van der Waals surface area contributed by atoms with E-state index in [2.05, 4.69) is 68.4 Å². The van der Waals surface area contributed by atoms with Gasteiger partial charge < -0.3 is 14.4 Å². The van der Waals surface area contributed by atoms with Crippen molar-refractivity contribution in [2.24, 2.45) is 5.41 Å². The summed E-state index contributed by atoms with van der Waals surface area (Å²) in [4.78, 5) is 0. The smallest absolute Gasteiger partial charge is 0.146 e. The van der Waals surface area contributed by atoms with Crippen LogP contribution in [0.25, 0.3) is 11.3 Å². The quantitative estimate of drug-likeness (QED) is 0.411. The van der Waals surface area contributed by atoms with Crippen molar-refractivity contribution in [1.29, 1.82) is 0 Å². The van der Waals surface area contributed by atoms with Crippen molar-refractivity contribution in [2.45, 2.75) is 96.4 Å². The molecule has 1 N–H and O–H groups in total. The second-order valence-electron chi connectivity index (χ2n) is 11.7. The monoisotopic (exact) mass is 471 g/mol. The molecule has 3 saturated carbocycles. The van der Waals surface area contributed by atoms with E-state index in [-0.39, 0.29) is 5.41 Å². The van der Waals surface area contributed by atoms with Gasteiger partial charge in [-0.05, 0) is 94.2 Å². The van der Waals surface area contributed by atoms with Crippen LogP contribution in [-0.2, 0) is 16.9 Å². The number of aryl methyl sites for hydroxylation is 3. The number of nitrogens with zero attached hydrogens (tertiary/aromatic N) is 1. The van der Waals surface area contributed by atoms with Crippen LogP contribution in [0.15, 0.2) is 47.0 Å². The Labute approximate surface area is 208 Å². The summed E-state index contributed by atoms with van der Waals surface area (Å²) in [6.45, 7) is 7.07. The van der Waals surface area contributed by atoms with Gasteiger partial charge in [0, 0.05) is 11.5 Å². The first-order valence-corrected chi connectivity index (χ1v) is 13.3. The molecule has 3 aromatic rings. The maximum Gasteiger partial charge on any atom is 0.146 e. The average molecular weight is 472 g/mol. The number of benzene rings is 2. The van der Waals surface area contributed by atoms with E-state index in [9.17, 15) is 5.11 Å². The third-order valence-electron chi connectivity index (χ3n) is 8.75. The zero-order valence-electron chi connectivity index (χ0n) is 21.3. The van der Waals surface area contributed by atoms with Crippen LogP contribution in [0.5, 0.6) is 0 Å². The predicted molar refractivity (Wildman–Crippen MR) is 137 cm³/mol. The van der Waals surface area contributed by atoms with Crippen molar-refractivity contribution >= 4 is 0 Å². The topological polar surface area (TPSA) is 55.5 Å². The lowest BCUT2D eigenvalue weighted by Crippen LogP contribution is -2.52. The van der Waals surface area contributed by atoms with Crippen molar-refractivity contribution in [3.63, 3.8) is 0 Å². The second-order valence-corrected chi connectivity index (χ2v) is 11.7. The summed E-state index contributed by atoms with van der Waals surface area (Å²) in [5, 5.41) is 16.5. The molecule has 4 nitrogen and oxygen atoms in total. The highest BCUT2D eigenvalue weighted by Gasteiger charge is 2.58. The fourth-order valence-electron chi connectivity index (χ4n) is 6.84. The maximum atomic E-state index is 12.0. The van der Waals surface area contributed by atoms with Gasteiger partial charge in [0.15, 0.2) is 0 Å². The third-order valence-corrected chi connectivity index (χ3v) is 8.75. The molecule has 0 radical (unpaired) electrons.